The summed E-state index contributed by atoms with van der Waals surface area (Å²) in [5, 5.41) is 13.7. The molecule has 0 saturated carbocycles. The van der Waals surface area contributed by atoms with E-state index in [0.717, 1.165) is 35.2 Å². The highest BCUT2D eigenvalue weighted by molar-refractivity contribution is 7.14. The molecule has 3 rings (SSSR count). The average molecular weight is 261 g/mol. The minimum absolute atomic E-state index is 0.717. The molecule has 2 heterocycles. The van der Waals surface area contributed by atoms with Gasteiger partial charge in [0.1, 0.15) is 10.0 Å². The number of aromatic nitrogens is 2. The summed E-state index contributed by atoms with van der Waals surface area (Å²) in [7, 11) is 1.95. The van der Waals surface area contributed by atoms with Crippen LogP contribution in [0.5, 0.6) is 0 Å². The minimum Gasteiger partial charge on any atom is -0.372 e. The van der Waals surface area contributed by atoms with Gasteiger partial charge in [-0.2, -0.15) is 0 Å². The molecule has 2 aromatic rings. The molecule has 5 heteroatoms. The van der Waals surface area contributed by atoms with Crippen molar-refractivity contribution in [1.82, 2.24) is 15.5 Å². The lowest BCUT2D eigenvalue weighted by Gasteiger charge is -1.99. The van der Waals surface area contributed by atoms with E-state index < -0.39 is 0 Å². The lowest BCUT2D eigenvalue weighted by Crippen LogP contribution is -2.09. The highest BCUT2D eigenvalue weighted by atomic mass is 32.1. The van der Waals surface area contributed by atoms with Crippen molar-refractivity contribution in [3.63, 3.8) is 0 Å². The van der Waals surface area contributed by atoms with Gasteiger partial charge in [0, 0.05) is 18.5 Å². The standard InChI is InChI=1S/C13H15N3OS/c1-14-5-4-12-15-16-13(18-12)9-2-3-10-7-17-8-11(10)6-9/h2-3,6,14H,4-5,7-8H2,1H3. The Morgan fingerprint density at radius 2 is 2.17 bits per heavy atom. The van der Waals surface area contributed by atoms with E-state index in [1.807, 2.05) is 7.05 Å². The van der Waals surface area contributed by atoms with Gasteiger partial charge in [0.15, 0.2) is 0 Å². The van der Waals surface area contributed by atoms with E-state index in [-0.39, 0.29) is 0 Å². The first kappa shape index (κ1) is 11.8. The fourth-order valence-electron chi connectivity index (χ4n) is 2.01. The topological polar surface area (TPSA) is 47.0 Å². The van der Waals surface area contributed by atoms with Crippen molar-refractivity contribution < 1.29 is 4.74 Å². The van der Waals surface area contributed by atoms with E-state index in [9.17, 15) is 0 Å². The molecular formula is C13H15N3OS. The maximum absolute atomic E-state index is 5.42. The molecule has 0 radical (unpaired) electrons. The highest BCUT2D eigenvalue weighted by Gasteiger charge is 2.13. The predicted molar refractivity (Wildman–Crippen MR) is 71.5 cm³/mol. The van der Waals surface area contributed by atoms with Gasteiger partial charge < -0.3 is 10.1 Å². The number of likely N-dealkylation sites (N-methyl/N-ethyl adjacent to an activating group) is 1. The molecule has 94 valence electrons. The zero-order chi connectivity index (χ0) is 12.4. The Bertz CT molecular complexity index is 553. The molecule has 0 spiro atoms. The molecule has 1 aliphatic heterocycles. The average Bonchev–Trinajstić information content (AvgIpc) is 3.04. The number of benzene rings is 1. The maximum Gasteiger partial charge on any atom is 0.147 e. The fourth-order valence-corrected chi connectivity index (χ4v) is 2.84. The van der Waals surface area contributed by atoms with Gasteiger partial charge in [-0.15, -0.1) is 10.2 Å². The lowest BCUT2D eigenvalue weighted by atomic mass is 10.1. The number of ether oxygens (including phenoxy) is 1. The summed E-state index contributed by atoms with van der Waals surface area (Å²) >= 11 is 1.67. The van der Waals surface area contributed by atoms with Crippen LogP contribution in [0.4, 0.5) is 0 Å². The molecule has 1 aliphatic rings. The van der Waals surface area contributed by atoms with Crippen molar-refractivity contribution in [1.29, 1.82) is 0 Å². The molecule has 0 fully saturated rings. The van der Waals surface area contributed by atoms with Crippen molar-refractivity contribution in [3.8, 4) is 10.6 Å². The normalized spacial score (nSPS) is 13.8. The third-order valence-electron chi connectivity index (χ3n) is 3.02. The van der Waals surface area contributed by atoms with E-state index in [1.54, 1.807) is 11.3 Å². The zero-order valence-electron chi connectivity index (χ0n) is 10.3. The molecule has 1 aromatic heterocycles. The van der Waals surface area contributed by atoms with E-state index in [2.05, 4.69) is 33.7 Å². The van der Waals surface area contributed by atoms with E-state index in [0.29, 0.717) is 6.61 Å². The molecule has 1 aromatic carbocycles. The lowest BCUT2D eigenvalue weighted by molar-refractivity contribution is 0.134. The first-order valence-corrected chi connectivity index (χ1v) is 6.85. The third-order valence-corrected chi connectivity index (χ3v) is 4.06. The second-order valence-corrected chi connectivity index (χ2v) is 5.39. The second kappa shape index (κ2) is 5.14. The zero-order valence-corrected chi connectivity index (χ0v) is 11.1. The monoisotopic (exact) mass is 261 g/mol. The fraction of sp³-hybridized carbons (Fsp3) is 0.385. The van der Waals surface area contributed by atoms with Gasteiger partial charge in [0.05, 0.1) is 13.2 Å². The number of fused-ring (bicyclic) bond motifs is 1. The summed E-state index contributed by atoms with van der Waals surface area (Å²) < 4.78 is 5.42. The van der Waals surface area contributed by atoms with Gasteiger partial charge in [-0.1, -0.05) is 23.5 Å². The Hall–Kier alpha value is -1.30. The van der Waals surface area contributed by atoms with Crippen LogP contribution in [0.15, 0.2) is 18.2 Å². The summed E-state index contributed by atoms with van der Waals surface area (Å²) in [5.41, 5.74) is 3.71. The summed E-state index contributed by atoms with van der Waals surface area (Å²) in [6, 6.07) is 6.41. The van der Waals surface area contributed by atoms with Crippen molar-refractivity contribution in [3.05, 3.63) is 34.3 Å². The van der Waals surface area contributed by atoms with Crippen LogP contribution >= 0.6 is 11.3 Å². The smallest absolute Gasteiger partial charge is 0.147 e. The van der Waals surface area contributed by atoms with Crippen molar-refractivity contribution in [2.45, 2.75) is 19.6 Å². The van der Waals surface area contributed by atoms with Gasteiger partial charge in [-0.25, -0.2) is 0 Å². The Morgan fingerprint density at radius 1 is 1.28 bits per heavy atom. The van der Waals surface area contributed by atoms with Gasteiger partial charge in [0.25, 0.3) is 0 Å². The molecule has 0 bridgehead atoms. The van der Waals surface area contributed by atoms with Crippen molar-refractivity contribution in [2.24, 2.45) is 0 Å². The van der Waals surface area contributed by atoms with Gasteiger partial charge in [-0.05, 0) is 24.2 Å². The van der Waals surface area contributed by atoms with Crippen molar-refractivity contribution >= 4 is 11.3 Å². The van der Waals surface area contributed by atoms with Crippen LogP contribution in [0.3, 0.4) is 0 Å². The molecule has 4 nitrogen and oxygen atoms in total. The Labute approximate surface area is 110 Å². The van der Waals surface area contributed by atoms with Gasteiger partial charge in [0.2, 0.25) is 0 Å². The summed E-state index contributed by atoms with van der Waals surface area (Å²) in [6.45, 7) is 2.39. The van der Waals surface area contributed by atoms with Crippen LogP contribution in [-0.4, -0.2) is 23.8 Å². The van der Waals surface area contributed by atoms with Crippen molar-refractivity contribution in [2.75, 3.05) is 13.6 Å². The van der Waals surface area contributed by atoms with Crippen LogP contribution in [0, 0.1) is 0 Å². The number of rotatable bonds is 4. The van der Waals surface area contributed by atoms with E-state index in [1.165, 1.54) is 11.1 Å². The largest absolute Gasteiger partial charge is 0.372 e. The Kier molecular flexibility index (Phi) is 3.36. The number of hydrogen-bond acceptors (Lipinski definition) is 5. The molecule has 0 amide bonds. The molecule has 1 N–H and O–H groups in total. The second-order valence-electron chi connectivity index (χ2n) is 4.33. The van der Waals surface area contributed by atoms with Gasteiger partial charge >= 0.3 is 0 Å². The third kappa shape index (κ3) is 2.29. The number of nitrogens with zero attached hydrogens (tertiary/aromatic N) is 2. The molecule has 18 heavy (non-hydrogen) atoms. The minimum atomic E-state index is 0.717. The molecule has 0 saturated heterocycles. The first-order valence-electron chi connectivity index (χ1n) is 6.04. The summed E-state index contributed by atoms with van der Waals surface area (Å²) in [6.07, 6.45) is 0.933. The maximum atomic E-state index is 5.42. The molecular weight excluding hydrogens is 246 g/mol. The molecule has 0 aliphatic carbocycles. The number of hydrogen-bond donors (Lipinski definition) is 1. The molecule has 0 atom stereocenters. The summed E-state index contributed by atoms with van der Waals surface area (Å²) in [5.74, 6) is 0. The predicted octanol–water partition coefficient (Wildman–Crippen LogP) is 2.00. The van der Waals surface area contributed by atoms with Crippen LogP contribution in [0.25, 0.3) is 10.6 Å². The molecule has 0 unspecified atom stereocenters. The highest BCUT2D eigenvalue weighted by Crippen LogP contribution is 2.28. The SMILES string of the molecule is CNCCc1nnc(-c2ccc3c(c2)COC3)s1. The Balaban J connectivity index is 1.83. The van der Waals surface area contributed by atoms with E-state index in [4.69, 9.17) is 4.74 Å². The van der Waals surface area contributed by atoms with Crippen LogP contribution in [0.2, 0.25) is 0 Å². The van der Waals surface area contributed by atoms with Crippen LogP contribution < -0.4 is 5.32 Å². The first-order chi connectivity index (χ1) is 8.86. The van der Waals surface area contributed by atoms with Crippen LogP contribution in [-0.2, 0) is 24.4 Å². The Morgan fingerprint density at radius 3 is 3.06 bits per heavy atom. The quantitative estimate of drug-likeness (QED) is 0.914. The number of nitrogens with one attached hydrogen (secondary N) is 1. The van der Waals surface area contributed by atoms with E-state index >= 15 is 0 Å². The summed E-state index contributed by atoms with van der Waals surface area (Å²) in [4.78, 5) is 0. The van der Waals surface area contributed by atoms with Crippen LogP contribution in [0.1, 0.15) is 16.1 Å². The van der Waals surface area contributed by atoms with Gasteiger partial charge in [-0.3, -0.25) is 0 Å².